The Labute approximate surface area is 150 Å². The van der Waals surface area contributed by atoms with Gasteiger partial charge in [0, 0.05) is 18.5 Å². The summed E-state index contributed by atoms with van der Waals surface area (Å²) in [5, 5.41) is 3.91. The number of fused-ring (bicyclic) bond motifs is 1. The molecule has 3 aromatic rings. The van der Waals surface area contributed by atoms with Crippen LogP contribution in [-0.2, 0) is 4.79 Å². The van der Waals surface area contributed by atoms with Crippen molar-refractivity contribution in [1.29, 1.82) is 0 Å². The second-order valence-corrected chi connectivity index (χ2v) is 6.45. The number of carbonyl (C=O) groups excluding carboxylic acids is 2. The van der Waals surface area contributed by atoms with Crippen LogP contribution >= 0.6 is 0 Å². The minimum atomic E-state index is -0.254. The van der Waals surface area contributed by atoms with Crippen molar-refractivity contribution in [1.82, 2.24) is 9.88 Å². The molecular weight excluding hydrogens is 330 g/mol. The number of aromatic nitrogens is 1. The van der Waals surface area contributed by atoms with E-state index < -0.39 is 0 Å². The molecule has 1 N–H and O–H groups in total. The number of nitrogens with one attached hydrogen (secondary N) is 1. The largest absolute Gasteiger partial charge is 0.459 e. The Balaban J connectivity index is 1.44. The number of benzene rings is 1. The fraction of sp³-hybridized carbons (Fsp3) is 0.250. The Morgan fingerprint density at radius 1 is 1.12 bits per heavy atom. The van der Waals surface area contributed by atoms with Crippen LogP contribution in [0.3, 0.4) is 0 Å². The third-order valence-electron chi connectivity index (χ3n) is 4.66. The zero-order chi connectivity index (χ0) is 17.9. The predicted octanol–water partition coefficient (Wildman–Crippen LogP) is 3.32. The summed E-state index contributed by atoms with van der Waals surface area (Å²) in [6, 6.07) is 14.8. The normalized spacial score (nSPS) is 17.2. The molecule has 1 aromatic carbocycles. The number of likely N-dealkylation sites (tertiary alicyclic amines) is 1. The average Bonchev–Trinajstić information content (AvgIpc) is 3.22. The van der Waals surface area contributed by atoms with Crippen LogP contribution in [0.25, 0.3) is 10.9 Å². The van der Waals surface area contributed by atoms with Crippen molar-refractivity contribution in [2.45, 2.75) is 12.8 Å². The first-order chi connectivity index (χ1) is 12.7. The van der Waals surface area contributed by atoms with Crippen LogP contribution in [-0.4, -0.2) is 34.8 Å². The van der Waals surface area contributed by atoms with Crippen molar-refractivity contribution < 1.29 is 14.0 Å². The number of nitrogens with zero attached hydrogens (tertiary/aromatic N) is 2. The Hall–Kier alpha value is -3.15. The highest BCUT2D eigenvalue weighted by atomic mass is 16.3. The number of hydrogen-bond donors (Lipinski definition) is 1. The molecule has 1 saturated heterocycles. The number of pyridine rings is 1. The molecule has 4 rings (SSSR count). The molecule has 0 saturated carbocycles. The number of anilines is 1. The van der Waals surface area contributed by atoms with Gasteiger partial charge in [-0.3, -0.25) is 9.59 Å². The summed E-state index contributed by atoms with van der Waals surface area (Å²) in [6.45, 7) is 1.02. The zero-order valence-electron chi connectivity index (χ0n) is 14.2. The van der Waals surface area contributed by atoms with Crippen LogP contribution < -0.4 is 5.32 Å². The average molecular weight is 349 g/mol. The lowest BCUT2D eigenvalue weighted by molar-refractivity contribution is -0.121. The smallest absolute Gasteiger partial charge is 0.289 e. The maximum Gasteiger partial charge on any atom is 0.289 e. The number of para-hydroxylation sites is 1. The van der Waals surface area contributed by atoms with Crippen molar-refractivity contribution in [3.05, 3.63) is 60.6 Å². The molecule has 2 amide bonds. The Morgan fingerprint density at radius 3 is 2.85 bits per heavy atom. The molecule has 0 unspecified atom stereocenters. The molecule has 1 fully saturated rings. The van der Waals surface area contributed by atoms with E-state index in [0.29, 0.717) is 24.7 Å². The van der Waals surface area contributed by atoms with Gasteiger partial charge in [-0.15, -0.1) is 0 Å². The Kier molecular flexibility index (Phi) is 4.39. The van der Waals surface area contributed by atoms with E-state index in [1.165, 1.54) is 6.26 Å². The molecule has 0 spiro atoms. The van der Waals surface area contributed by atoms with E-state index in [1.54, 1.807) is 23.1 Å². The van der Waals surface area contributed by atoms with E-state index in [9.17, 15) is 9.59 Å². The van der Waals surface area contributed by atoms with Crippen LogP contribution in [0.15, 0.2) is 59.2 Å². The highest BCUT2D eigenvalue weighted by Crippen LogP contribution is 2.21. The van der Waals surface area contributed by atoms with E-state index in [1.807, 2.05) is 30.3 Å². The van der Waals surface area contributed by atoms with Crippen molar-refractivity contribution in [3.63, 3.8) is 0 Å². The van der Waals surface area contributed by atoms with Crippen molar-refractivity contribution in [2.24, 2.45) is 5.92 Å². The molecule has 6 heteroatoms. The van der Waals surface area contributed by atoms with Gasteiger partial charge in [0.2, 0.25) is 5.91 Å². The first kappa shape index (κ1) is 16.3. The minimum absolute atomic E-state index is 0.107. The molecule has 1 aliphatic rings. The molecule has 3 heterocycles. The fourth-order valence-corrected chi connectivity index (χ4v) is 3.30. The van der Waals surface area contributed by atoms with Gasteiger partial charge in [0.15, 0.2) is 5.76 Å². The highest BCUT2D eigenvalue weighted by Gasteiger charge is 2.30. The first-order valence-corrected chi connectivity index (χ1v) is 8.70. The maximum atomic E-state index is 12.6. The molecule has 26 heavy (non-hydrogen) atoms. The third kappa shape index (κ3) is 3.31. The summed E-state index contributed by atoms with van der Waals surface area (Å²) in [7, 11) is 0. The summed E-state index contributed by atoms with van der Waals surface area (Å²) in [6.07, 6.45) is 3.02. The number of amides is 2. The maximum absolute atomic E-state index is 12.6. The molecule has 0 aliphatic carbocycles. The van der Waals surface area contributed by atoms with Gasteiger partial charge in [-0.25, -0.2) is 4.98 Å². The van der Waals surface area contributed by atoms with Crippen LogP contribution in [0.2, 0.25) is 0 Å². The number of piperidine rings is 1. The fourth-order valence-electron chi connectivity index (χ4n) is 3.30. The van der Waals surface area contributed by atoms with Crippen molar-refractivity contribution >= 4 is 28.5 Å². The van der Waals surface area contributed by atoms with Gasteiger partial charge in [-0.05, 0) is 43.2 Å². The lowest BCUT2D eigenvalue weighted by Gasteiger charge is -2.31. The van der Waals surface area contributed by atoms with Gasteiger partial charge in [-0.1, -0.05) is 18.2 Å². The Bertz CT molecular complexity index is 936. The molecule has 1 atom stereocenters. The summed E-state index contributed by atoms with van der Waals surface area (Å²) in [5.41, 5.74) is 0.837. The number of furan rings is 1. The van der Waals surface area contributed by atoms with E-state index in [0.717, 1.165) is 23.7 Å². The zero-order valence-corrected chi connectivity index (χ0v) is 14.2. The predicted molar refractivity (Wildman–Crippen MR) is 97.7 cm³/mol. The van der Waals surface area contributed by atoms with Gasteiger partial charge in [0.05, 0.1) is 17.7 Å². The summed E-state index contributed by atoms with van der Waals surface area (Å²) in [4.78, 5) is 31.2. The summed E-state index contributed by atoms with van der Waals surface area (Å²) < 4.78 is 5.18. The van der Waals surface area contributed by atoms with E-state index >= 15 is 0 Å². The monoisotopic (exact) mass is 349 g/mol. The quantitative estimate of drug-likeness (QED) is 0.787. The number of hydrogen-bond acceptors (Lipinski definition) is 4. The van der Waals surface area contributed by atoms with Gasteiger partial charge in [-0.2, -0.15) is 0 Å². The van der Waals surface area contributed by atoms with Gasteiger partial charge < -0.3 is 14.6 Å². The van der Waals surface area contributed by atoms with Gasteiger partial charge in [0.25, 0.3) is 5.91 Å². The number of rotatable bonds is 3. The van der Waals surface area contributed by atoms with Crippen LogP contribution in [0.4, 0.5) is 5.82 Å². The van der Waals surface area contributed by atoms with Gasteiger partial charge in [0.1, 0.15) is 5.82 Å². The molecule has 0 bridgehead atoms. The Morgan fingerprint density at radius 2 is 2.00 bits per heavy atom. The van der Waals surface area contributed by atoms with Crippen molar-refractivity contribution in [3.8, 4) is 0 Å². The van der Waals surface area contributed by atoms with E-state index in [2.05, 4.69) is 10.3 Å². The van der Waals surface area contributed by atoms with Crippen LogP contribution in [0.5, 0.6) is 0 Å². The lowest BCUT2D eigenvalue weighted by atomic mass is 9.97. The second kappa shape index (κ2) is 7.00. The summed E-state index contributed by atoms with van der Waals surface area (Å²) >= 11 is 0. The standard InChI is InChI=1S/C20H19N3O3/c24-19(22-18-10-9-14-5-1-2-7-16(14)21-18)15-6-3-11-23(13-15)20(25)17-8-4-12-26-17/h1-2,4-5,7-10,12,15H,3,6,11,13H2,(H,21,22,24)/t15-/m1/s1. The molecule has 1 aliphatic heterocycles. The molecule has 0 radical (unpaired) electrons. The topological polar surface area (TPSA) is 75.4 Å². The first-order valence-electron chi connectivity index (χ1n) is 8.70. The summed E-state index contributed by atoms with van der Waals surface area (Å²) in [5.74, 6) is 0.308. The van der Waals surface area contributed by atoms with Crippen LogP contribution in [0.1, 0.15) is 23.4 Å². The minimum Gasteiger partial charge on any atom is -0.459 e. The molecular formula is C20H19N3O3. The van der Waals surface area contributed by atoms with E-state index in [-0.39, 0.29) is 17.7 Å². The SMILES string of the molecule is O=C(Nc1ccc2ccccc2n1)[C@@H]1CCCN(C(=O)c2ccco2)C1. The molecule has 132 valence electrons. The van der Waals surface area contributed by atoms with Crippen LogP contribution in [0, 0.1) is 5.92 Å². The van der Waals surface area contributed by atoms with Crippen molar-refractivity contribution in [2.75, 3.05) is 18.4 Å². The lowest BCUT2D eigenvalue weighted by Crippen LogP contribution is -2.43. The number of carbonyl (C=O) groups is 2. The highest BCUT2D eigenvalue weighted by molar-refractivity contribution is 5.95. The van der Waals surface area contributed by atoms with Gasteiger partial charge >= 0.3 is 0 Å². The second-order valence-electron chi connectivity index (χ2n) is 6.45. The molecule has 2 aromatic heterocycles. The molecule has 6 nitrogen and oxygen atoms in total. The third-order valence-corrected chi connectivity index (χ3v) is 4.66. The van der Waals surface area contributed by atoms with E-state index in [4.69, 9.17) is 4.42 Å².